The summed E-state index contributed by atoms with van der Waals surface area (Å²) in [5.74, 6) is 0. The Hall–Kier alpha value is -6.69. The Labute approximate surface area is 291 Å². The van der Waals surface area contributed by atoms with E-state index in [9.17, 15) is 0 Å². The third-order valence-corrected chi connectivity index (χ3v) is 10.2. The van der Waals surface area contributed by atoms with E-state index >= 15 is 0 Å². The largest absolute Gasteiger partial charge is 0.308 e. The molecule has 2 heterocycles. The molecule has 1 atom stereocenters. The summed E-state index contributed by atoms with van der Waals surface area (Å²) in [4.78, 5) is 5.07. The van der Waals surface area contributed by atoms with Gasteiger partial charge in [-0.05, 0) is 109 Å². The van der Waals surface area contributed by atoms with E-state index in [1.807, 2.05) is 6.07 Å². The van der Waals surface area contributed by atoms with Crippen molar-refractivity contribution in [3.05, 3.63) is 199 Å². The van der Waals surface area contributed by atoms with Gasteiger partial charge in [0.25, 0.3) is 0 Å². The number of aliphatic imine (C=N–C) groups is 1. The van der Waals surface area contributed by atoms with E-state index in [1.54, 1.807) is 0 Å². The van der Waals surface area contributed by atoms with Crippen LogP contribution in [0.4, 0.5) is 0 Å². The van der Waals surface area contributed by atoms with Crippen LogP contribution in [0.3, 0.4) is 0 Å². The molecule has 0 aliphatic carbocycles. The predicted molar refractivity (Wildman–Crippen MR) is 208 cm³/mol. The summed E-state index contributed by atoms with van der Waals surface area (Å²) in [6.07, 6.45) is 2.06. The van der Waals surface area contributed by atoms with Gasteiger partial charge in [-0.2, -0.15) is 0 Å². The molecular weight excluding hydrogens is 605 g/mol. The third-order valence-electron chi connectivity index (χ3n) is 10.2. The maximum Gasteiger partial charge on any atom is 0.103 e. The summed E-state index contributed by atoms with van der Waals surface area (Å²) in [7, 11) is 0. The van der Waals surface area contributed by atoms with Crippen LogP contribution in [0.2, 0.25) is 0 Å². The fraction of sp³-hybridized carbons (Fsp3) is 0.0208. The molecule has 10 rings (SSSR count). The molecule has 0 N–H and O–H groups in total. The van der Waals surface area contributed by atoms with Crippen molar-refractivity contribution in [2.24, 2.45) is 4.99 Å². The van der Waals surface area contributed by atoms with Crippen molar-refractivity contribution in [1.29, 1.82) is 0 Å². The number of hydrogen-bond donors (Lipinski definition) is 0. The Morgan fingerprint density at radius 3 is 1.82 bits per heavy atom. The first-order chi connectivity index (χ1) is 24.8. The SMILES string of the molecule is c1ccc(-c2c3ccccc3c(-c3ccccc3)c3ccc(-c4ccc5c(c4)c4c(n5-c5ccccc5)C=NC4c4ccccc4)cc23)cc#1. The van der Waals surface area contributed by atoms with Crippen LogP contribution in [0.15, 0.2) is 175 Å². The van der Waals surface area contributed by atoms with E-state index < -0.39 is 0 Å². The van der Waals surface area contributed by atoms with Crippen LogP contribution in [0, 0.1) is 12.1 Å². The van der Waals surface area contributed by atoms with Crippen LogP contribution in [-0.4, -0.2) is 10.8 Å². The van der Waals surface area contributed by atoms with E-state index in [0.717, 1.165) is 16.9 Å². The molecule has 9 aromatic rings. The highest BCUT2D eigenvalue weighted by atomic mass is 15.0. The van der Waals surface area contributed by atoms with Crippen LogP contribution in [0.25, 0.3) is 71.5 Å². The summed E-state index contributed by atoms with van der Waals surface area (Å²) in [5.41, 5.74) is 13.1. The van der Waals surface area contributed by atoms with Gasteiger partial charge >= 0.3 is 0 Å². The van der Waals surface area contributed by atoms with Crippen LogP contribution < -0.4 is 0 Å². The highest BCUT2D eigenvalue weighted by Gasteiger charge is 2.29. The molecule has 2 heteroatoms. The molecule has 1 aliphatic heterocycles. The second kappa shape index (κ2) is 11.5. The lowest BCUT2D eigenvalue weighted by molar-refractivity contribution is 0.906. The Kier molecular flexibility index (Phi) is 6.50. The second-order valence-electron chi connectivity index (χ2n) is 12.9. The van der Waals surface area contributed by atoms with E-state index in [4.69, 9.17) is 4.99 Å². The van der Waals surface area contributed by atoms with Gasteiger partial charge in [-0.3, -0.25) is 4.99 Å². The normalized spacial score (nSPS) is 13.6. The quantitative estimate of drug-likeness (QED) is 0.168. The summed E-state index contributed by atoms with van der Waals surface area (Å²) < 4.78 is 2.36. The van der Waals surface area contributed by atoms with E-state index in [1.165, 1.54) is 71.4 Å². The minimum Gasteiger partial charge on any atom is -0.308 e. The van der Waals surface area contributed by atoms with Gasteiger partial charge in [-0.1, -0.05) is 133 Å². The van der Waals surface area contributed by atoms with Crippen molar-refractivity contribution in [3.8, 4) is 39.1 Å². The molecule has 0 saturated carbocycles. The molecule has 50 heavy (non-hydrogen) atoms. The number of para-hydroxylation sites is 1. The molecule has 1 aliphatic rings. The Morgan fingerprint density at radius 2 is 1.10 bits per heavy atom. The van der Waals surface area contributed by atoms with Crippen LogP contribution in [0.1, 0.15) is 22.9 Å². The number of aromatic nitrogens is 1. The summed E-state index contributed by atoms with van der Waals surface area (Å²) in [6, 6.07) is 67.2. The van der Waals surface area contributed by atoms with Gasteiger partial charge in [0.05, 0.1) is 11.2 Å². The third kappa shape index (κ3) is 4.41. The summed E-state index contributed by atoms with van der Waals surface area (Å²) in [6.45, 7) is 0. The fourth-order valence-corrected chi connectivity index (χ4v) is 7.98. The first kappa shape index (κ1) is 28.3. The monoisotopic (exact) mass is 634 g/mol. The number of fused-ring (bicyclic) bond motifs is 5. The summed E-state index contributed by atoms with van der Waals surface area (Å²) >= 11 is 0. The Morgan fingerprint density at radius 1 is 0.480 bits per heavy atom. The molecular formula is C48H30N2. The van der Waals surface area contributed by atoms with Gasteiger partial charge in [-0.25, -0.2) is 0 Å². The average Bonchev–Trinajstić information content (AvgIpc) is 3.76. The molecule has 0 amide bonds. The minimum absolute atomic E-state index is 0.0527. The average molecular weight is 635 g/mol. The molecule has 0 spiro atoms. The molecule has 1 unspecified atom stereocenters. The number of hydrogen-bond acceptors (Lipinski definition) is 1. The maximum absolute atomic E-state index is 5.07. The van der Waals surface area contributed by atoms with Gasteiger partial charge in [0, 0.05) is 22.9 Å². The molecule has 0 bridgehead atoms. The van der Waals surface area contributed by atoms with Gasteiger partial charge in [0.1, 0.15) is 6.04 Å². The van der Waals surface area contributed by atoms with Crippen molar-refractivity contribution in [2.45, 2.75) is 6.04 Å². The lowest BCUT2D eigenvalue weighted by Gasteiger charge is -2.18. The zero-order chi connectivity index (χ0) is 33.0. The molecule has 0 saturated heterocycles. The lowest BCUT2D eigenvalue weighted by atomic mass is 9.85. The minimum atomic E-state index is -0.0527. The zero-order valence-electron chi connectivity index (χ0n) is 27.2. The standard InChI is InChI=1S/C48H30N2/c1-5-15-32(16-6-1)45-38-23-13-14-24-39(38)46(33-17-7-2-8-18-33)41-29-35(25-27-40(41)45)36-26-28-43-42(30-36)47-44(50(43)37-21-11-4-12-22-37)31-49-48(47)34-19-9-3-10-20-34/h1,3-7,9-31,48H. The molecule has 0 radical (unpaired) electrons. The summed E-state index contributed by atoms with van der Waals surface area (Å²) in [5, 5.41) is 6.15. The van der Waals surface area contributed by atoms with Gasteiger partial charge in [-0.15, -0.1) is 0 Å². The molecule has 1 aromatic heterocycles. The predicted octanol–water partition coefficient (Wildman–Crippen LogP) is 12.1. The molecule has 0 fully saturated rings. The lowest BCUT2D eigenvalue weighted by Crippen LogP contribution is -1.98. The molecule has 2 nitrogen and oxygen atoms in total. The number of nitrogens with zero attached hydrogens (tertiary/aromatic N) is 2. The smallest absolute Gasteiger partial charge is 0.103 e. The van der Waals surface area contributed by atoms with Crippen LogP contribution in [0.5, 0.6) is 0 Å². The first-order valence-corrected chi connectivity index (χ1v) is 17.1. The second-order valence-corrected chi connectivity index (χ2v) is 12.9. The van der Waals surface area contributed by atoms with Crippen molar-refractivity contribution in [2.75, 3.05) is 0 Å². The van der Waals surface area contributed by atoms with Crippen molar-refractivity contribution in [1.82, 2.24) is 4.57 Å². The van der Waals surface area contributed by atoms with Crippen LogP contribution in [-0.2, 0) is 0 Å². The van der Waals surface area contributed by atoms with Gasteiger partial charge < -0.3 is 4.57 Å². The number of benzene rings is 7. The van der Waals surface area contributed by atoms with Crippen LogP contribution >= 0.6 is 0 Å². The zero-order valence-corrected chi connectivity index (χ0v) is 27.2. The van der Waals surface area contributed by atoms with E-state index in [-0.39, 0.29) is 6.04 Å². The maximum atomic E-state index is 5.07. The fourth-order valence-electron chi connectivity index (χ4n) is 7.98. The van der Waals surface area contributed by atoms with Gasteiger partial charge in [0.15, 0.2) is 0 Å². The topological polar surface area (TPSA) is 17.3 Å². The van der Waals surface area contributed by atoms with E-state index in [2.05, 4.69) is 187 Å². The van der Waals surface area contributed by atoms with Crippen molar-refractivity contribution >= 4 is 38.7 Å². The first-order valence-electron chi connectivity index (χ1n) is 17.1. The molecule has 8 aromatic carbocycles. The van der Waals surface area contributed by atoms with Crippen molar-refractivity contribution < 1.29 is 0 Å². The van der Waals surface area contributed by atoms with E-state index in [0.29, 0.717) is 0 Å². The number of rotatable bonds is 5. The highest BCUT2D eigenvalue weighted by Crippen LogP contribution is 2.46. The van der Waals surface area contributed by atoms with Crippen molar-refractivity contribution in [3.63, 3.8) is 0 Å². The highest BCUT2D eigenvalue weighted by molar-refractivity contribution is 6.22. The van der Waals surface area contributed by atoms with Gasteiger partial charge in [0.2, 0.25) is 0 Å². The Bertz CT molecular complexity index is 2720. The molecule has 232 valence electrons. The Balaban J connectivity index is 1.24.